The molecule has 3 fully saturated rings. The maximum absolute atomic E-state index is 12.9. The van der Waals surface area contributed by atoms with Gasteiger partial charge in [-0.1, -0.05) is 31.7 Å². The highest BCUT2D eigenvalue weighted by atomic mass is 16.2. The number of amides is 1. The Morgan fingerprint density at radius 1 is 1.00 bits per heavy atom. The van der Waals surface area contributed by atoms with Gasteiger partial charge in [0.1, 0.15) is 5.82 Å². The van der Waals surface area contributed by atoms with Gasteiger partial charge in [-0.15, -0.1) is 0 Å². The molecule has 31 heavy (non-hydrogen) atoms. The normalized spacial score (nSPS) is 24.0. The first-order chi connectivity index (χ1) is 15.2. The van der Waals surface area contributed by atoms with Crippen LogP contribution in [0.5, 0.6) is 0 Å². The van der Waals surface area contributed by atoms with E-state index in [4.69, 9.17) is 4.98 Å². The summed E-state index contributed by atoms with van der Waals surface area (Å²) in [7, 11) is 2.21. The van der Waals surface area contributed by atoms with Crippen molar-refractivity contribution in [3.05, 3.63) is 23.4 Å². The molecule has 0 bridgehead atoms. The van der Waals surface area contributed by atoms with Crippen molar-refractivity contribution < 1.29 is 4.79 Å². The van der Waals surface area contributed by atoms with E-state index in [0.29, 0.717) is 18.5 Å². The number of pyridine rings is 1. The summed E-state index contributed by atoms with van der Waals surface area (Å²) < 4.78 is 0. The second-order valence-electron chi connectivity index (χ2n) is 10.1. The number of aromatic nitrogens is 1. The number of carbonyl (C=O) groups is 1. The second kappa shape index (κ2) is 9.45. The molecule has 6 heteroatoms. The number of hydrogen-bond donors (Lipinski definition) is 0. The zero-order valence-corrected chi connectivity index (χ0v) is 19.3. The molecule has 170 valence electrons. The molecule has 2 saturated carbocycles. The van der Waals surface area contributed by atoms with Crippen LogP contribution >= 0.6 is 0 Å². The molecule has 0 radical (unpaired) electrons. The Balaban J connectivity index is 1.13. The van der Waals surface area contributed by atoms with Gasteiger partial charge in [0.15, 0.2) is 0 Å². The van der Waals surface area contributed by atoms with Crippen molar-refractivity contribution >= 4 is 11.7 Å². The maximum atomic E-state index is 12.9. The summed E-state index contributed by atoms with van der Waals surface area (Å²) in [6.45, 7) is 6.25. The molecule has 0 aromatic carbocycles. The zero-order valence-electron chi connectivity index (χ0n) is 19.3. The molecule has 0 unspecified atom stereocenters. The van der Waals surface area contributed by atoms with Crippen LogP contribution in [-0.4, -0.2) is 84.0 Å². The number of anilines is 1. The third-order valence-electron chi connectivity index (χ3n) is 8.21. The number of rotatable bonds is 5. The van der Waals surface area contributed by atoms with Crippen LogP contribution in [0.1, 0.15) is 62.6 Å². The van der Waals surface area contributed by atoms with Crippen molar-refractivity contribution in [2.24, 2.45) is 0 Å². The van der Waals surface area contributed by atoms with Crippen LogP contribution in [0.25, 0.3) is 0 Å². The molecule has 0 N–H and O–H groups in total. The smallest absolute Gasteiger partial charge is 0.236 e. The van der Waals surface area contributed by atoms with Crippen LogP contribution < -0.4 is 4.90 Å². The first kappa shape index (κ1) is 21.2. The van der Waals surface area contributed by atoms with Crippen molar-refractivity contribution in [1.82, 2.24) is 19.7 Å². The van der Waals surface area contributed by atoms with Gasteiger partial charge in [0, 0.05) is 70.5 Å². The maximum Gasteiger partial charge on any atom is 0.236 e. The minimum atomic E-state index is 0.304. The Bertz CT molecular complexity index is 765. The summed E-state index contributed by atoms with van der Waals surface area (Å²) in [4.78, 5) is 27.3. The average molecular weight is 426 g/mol. The van der Waals surface area contributed by atoms with Gasteiger partial charge in [-0.3, -0.25) is 14.6 Å². The molecule has 6 nitrogen and oxygen atoms in total. The minimum absolute atomic E-state index is 0.304. The molecular weight excluding hydrogens is 386 g/mol. The first-order valence-electron chi connectivity index (χ1n) is 12.6. The summed E-state index contributed by atoms with van der Waals surface area (Å²) >= 11 is 0. The summed E-state index contributed by atoms with van der Waals surface area (Å²) in [5.74, 6) is 1.43. The van der Waals surface area contributed by atoms with Crippen LogP contribution in [0.2, 0.25) is 0 Å². The Hall–Kier alpha value is -1.66. The largest absolute Gasteiger partial charge is 0.357 e. The summed E-state index contributed by atoms with van der Waals surface area (Å²) in [5.41, 5.74) is 2.53. The Morgan fingerprint density at radius 3 is 2.48 bits per heavy atom. The van der Waals surface area contributed by atoms with E-state index in [0.717, 1.165) is 57.5 Å². The quantitative estimate of drug-likeness (QED) is 0.726. The monoisotopic (exact) mass is 425 g/mol. The van der Waals surface area contributed by atoms with Crippen molar-refractivity contribution in [2.75, 3.05) is 51.2 Å². The fraction of sp³-hybridized carbons (Fsp3) is 0.760. The summed E-state index contributed by atoms with van der Waals surface area (Å²) in [6, 6.07) is 5.89. The van der Waals surface area contributed by atoms with Crippen molar-refractivity contribution in [2.45, 2.75) is 76.4 Å². The SMILES string of the molecule is CN(c1ccc2c(n1)CCN(CC(=O)N1CCN(C3CCC3)CC1)C2)C1CCCCC1. The summed E-state index contributed by atoms with van der Waals surface area (Å²) in [6.07, 6.45) is 11.7. The Labute approximate surface area is 187 Å². The van der Waals surface area contributed by atoms with E-state index >= 15 is 0 Å². The molecule has 0 atom stereocenters. The lowest BCUT2D eigenvalue weighted by molar-refractivity contribution is -0.135. The molecular formula is C25H39N5O. The molecule has 1 aromatic rings. The lowest BCUT2D eigenvalue weighted by Crippen LogP contribution is -2.55. The minimum Gasteiger partial charge on any atom is -0.357 e. The fourth-order valence-electron chi connectivity index (χ4n) is 5.83. The first-order valence-corrected chi connectivity index (χ1v) is 12.6. The van der Waals surface area contributed by atoms with E-state index in [1.54, 1.807) is 0 Å². The van der Waals surface area contributed by atoms with E-state index in [-0.39, 0.29) is 0 Å². The van der Waals surface area contributed by atoms with Crippen LogP contribution in [-0.2, 0) is 17.8 Å². The third kappa shape index (κ3) is 4.75. The molecule has 3 heterocycles. The number of nitrogens with zero attached hydrogens (tertiary/aromatic N) is 5. The topological polar surface area (TPSA) is 42.9 Å². The van der Waals surface area contributed by atoms with E-state index in [9.17, 15) is 4.79 Å². The second-order valence-corrected chi connectivity index (χ2v) is 10.1. The lowest BCUT2D eigenvalue weighted by atomic mass is 9.91. The third-order valence-corrected chi connectivity index (χ3v) is 8.21. The van der Waals surface area contributed by atoms with Gasteiger partial charge in [-0.25, -0.2) is 4.98 Å². The van der Waals surface area contributed by atoms with Gasteiger partial charge >= 0.3 is 0 Å². The molecule has 1 amide bonds. The number of fused-ring (bicyclic) bond motifs is 1. The number of hydrogen-bond acceptors (Lipinski definition) is 5. The highest BCUT2D eigenvalue weighted by molar-refractivity contribution is 5.78. The van der Waals surface area contributed by atoms with E-state index in [1.165, 1.54) is 62.6 Å². The number of piperazine rings is 1. The van der Waals surface area contributed by atoms with Crippen molar-refractivity contribution in [3.8, 4) is 0 Å². The van der Waals surface area contributed by atoms with Gasteiger partial charge in [0.05, 0.1) is 6.54 Å². The standard InChI is InChI=1S/C25H39N5O/c1-27(21-6-3-2-4-7-21)24-11-10-20-18-28(13-12-23(20)26-24)19-25(31)30-16-14-29(15-17-30)22-8-5-9-22/h10-11,21-22H,2-9,12-19H2,1H3. The molecule has 0 spiro atoms. The predicted molar refractivity (Wildman–Crippen MR) is 124 cm³/mol. The molecule has 1 saturated heterocycles. The van der Waals surface area contributed by atoms with Gasteiger partial charge in [0.2, 0.25) is 5.91 Å². The Kier molecular flexibility index (Phi) is 6.46. The molecule has 5 rings (SSSR count). The molecule has 2 aliphatic heterocycles. The molecule has 4 aliphatic rings. The number of carbonyl (C=O) groups excluding carboxylic acids is 1. The van der Waals surface area contributed by atoms with Gasteiger partial charge < -0.3 is 9.80 Å². The van der Waals surface area contributed by atoms with E-state index < -0.39 is 0 Å². The van der Waals surface area contributed by atoms with Crippen molar-refractivity contribution in [3.63, 3.8) is 0 Å². The molecule has 1 aromatic heterocycles. The Morgan fingerprint density at radius 2 is 1.77 bits per heavy atom. The van der Waals surface area contributed by atoms with Crippen LogP contribution in [0, 0.1) is 0 Å². The fourth-order valence-corrected chi connectivity index (χ4v) is 5.83. The highest BCUT2D eigenvalue weighted by Crippen LogP contribution is 2.28. The van der Waals surface area contributed by atoms with Gasteiger partial charge in [-0.05, 0) is 37.3 Å². The van der Waals surface area contributed by atoms with Crippen molar-refractivity contribution in [1.29, 1.82) is 0 Å². The highest BCUT2D eigenvalue weighted by Gasteiger charge is 2.30. The lowest BCUT2D eigenvalue weighted by Gasteiger charge is -2.43. The van der Waals surface area contributed by atoms with Gasteiger partial charge in [0.25, 0.3) is 0 Å². The summed E-state index contributed by atoms with van der Waals surface area (Å²) in [5, 5.41) is 0. The predicted octanol–water partition coefficient (Wildman–Crippen LogP) is 2.91. The van der Waals surface area contributed by atoms with E-state index in [2.05, 4.69) is 38.8 Å². The van der Waals surface area contributed by atoms with Crippen LogP contribution in [0.3, 0.4) is 0 Å². The van der Waals surface area contributed by atoms with Crippen LogP contribution in [0.4, 0.5) is 5.82 Å². The van der Waals surface area contributed by atoms with Crippen LogP contribution in [0.15, 0.2) is 12.1 Å². The average Bonchev–Trinajstić information content (AvgIpc) is 2.78. The molecule has 2 aliphatic carbocycles. The van der Waals surface area contributed by atoms with Gasteiger partial charge in [-0.2, -0.15) is 0 Å². The zero-order chi connectivity index (χ0) is 21.2. The van der Waals surface area contributed by atoms with E-state index in [1.807, 2.05) is 0 Å².